The van der Waals surface area contributed by atoms with E-state index in [1.54, 1.807) is 0 Å². The molecule has 0 amide bonds. The Balaban J connectivity index is 2.95. The minimum absolute atomic E-state index is 0.0552. The number of carboxylic acids is 1. The molecule has 0 saturated heterocycles. The summed E-state index contributed by atoms with van der Waals surface area (Å²) in [7, 11) is 1.24. The van der Waals surface area contributed by atoms with Crippen molar-refractivity contribution in [1.29, 1.82) is 0 Å². The first-order valence-electron chi connectivity index (χ1n) is 4.84. The summed E-state index contributed by atoms with van der Waals surface area (Å²) in [6, 6.07) is 3.28. The van der Waals surface area contributed by atoms with Crippen molar-refractivity contribution < 1.29 is 24.5 Å². The lowest BCUT2D eigenvalue weighted by atomic mass is 10.0. The van der Waals surface area contributed by atoms with Gasteiger partial charge in [-0.3, -0.25) is 4.79 Å². The van der Waals surface area contributed by atoms with E-state index < -0.39 is 18.0 Å². The van der Waals surface area contributed by atoms with E-state index in [1.165, 1.54) is 25.3 Å². The summed E-state index contributed by atoms with van der Waals surface area (Å²) in [4.78, 5) is 21.8. The monoisotopic (exact) mass is 239 g/mol. The van der Waals surface area contributed by atoms with E-state index in [0.717, 1.165) is 0 Å². The summed E-state index contributed by atoms with van der Waals surface area (Å²) in [5.41, 5.74) is 5.92. The molecule has 0 aromatic heterocycles. The van der Waals surface area contributed by atoms with Crippen molar-refractivity contribution in [3.63, 3.8) is 0 Å². The Morgan fingerprint density at radius 1 is 1.47 bits per heavy atom. The molecule has 92 valence electrons. The van der Waals surface area contributed by atoms with Crippen LogP contribution in [0, 0.1) is 0 Å². The maximum atomic E-state index is 11.0. The van der Waals surface area contributed by atoms with E-state index in [1.807, 2.05) is 0 Å². The highest BCUT2D eigenvalue weighted by molar-refractivity contribution is 5.91. The van der Waals surface area contributed by atoms with E-state index in [4.69, 9.17) is 10.8 Å². The van der Waals surface area contributed by atoms with Crippen LogP contribution in [-0.4, -0.2) is 29.3 Å². The van der Waals surface area contributed by atoms with Crippen LogP contribution < -0.4 is 5.73 Å². The predicted octanol–water partition coefficient (Wildman–Crippen LogP) is 0.653. The van der Waals surface area contributed by atoms with Crippen molar-refractivity contribution in [2.45, 2.75) is 12.5 Å². The number of benzene rings is 1. The summed E-state index contributed by atoms with van der Waals surface area (Å²) >= 11 is 0. The van der Waals surface area contributed by atoms with Gasteiger partial charge in [-0.15, -0.1) is 0 Å². The molecule has 0 aliphatic rings. The van der Waals surface area contributed by atoms with Crippen LogP contribution >= 0.6 is 0 Å². The van der Waals surface area contributed by atoms with E-state index in [-0.39, 0.29) is 17.7 Å². The van der Waals surface area contributed by atoms with Crippen molar-refractivity contribution in [3.05, 3.63) is 29.3 Å². The Labute approximate surface area is 97.6 Å². The largest absolute Gasteiger partial charge is 0.507 e. The lowest BCUT2D eigenvalue weighted by Crippen LogP contribution is -2.16. The molecule has 1 rings (SSSR count). The summed E-state index contributed by atoms with van der Waals surface area (Å²) in [6.45, 7) is 0. The molecule has 0 spiro atoms. The van der Waals surface area contributed by atoms with Crippen molar-refractivity contribution in [3.8, 4) is 5.75 Å². The van der Waals surface area contributed by atoms with Gasteiger partial charge in [0.1, 0.15) is 11.3 Å². The molecule has 0 unspecified atom stereocenters. The van der Waals surface area contributed by atoms with Crippen molar-refractivity contribution >= 4 is 11.9 Å². The van der Waals surface area contributed by atoms with Crippen LogP contribution in [0.15, 0.2) is 18.2 Å². The second-order valence-corrected chi connectivity index (χ2v) is 3.47. The van der Waals surface area contributed by atoms with Crippen LogP contribution in [0.1, 0.15) is 28.4 Å². The number of aromatic hydroxyl groups is 1. The van der Waals surface area contributed by atoms with Gasteiger partial charge in [0.05, 0.1) is 13.5 Å². The number of carbonyl (C=O) groups excluding carboxylic acids is 1. The number of aromatic carboxylic acids is 1. The van der Waals surface area contributed by atoms with E-state index in [0.29, 0.717) is 5.56 Å². The molecule has 0 radical (unpaired) electrons. The number of esters is 1. The summed E-state index contributed by atoms with van der Waals surface area (Å²) in [6.07, 6.45) is -0.0552. The van der Waals surface area contributed by atoms with Gasteiger partial charge in [0.2, 0.25) is 0 Å². The average molecular weight is 239 g/mol. The topological polar surface area (TPSA) is 110 Å². The Bertz CT molecular complexity index is 443. The number of phenols is 1. The van der Waals surface area contributed by atoms with Gasteiger partial charge in [-0.25, -0.2) is 4.79 Å². The highest BCUT2D eigenvalue weighted by Crippen LogP contribution is 2.23. The zero-order chi connectivity index (χ0) is 13.0. The van der Waals surface area contributed by atoms with E-state index in [9.17, 15) is 14.7 Å². The third-order valence-electron chi connectivity index (χ3n) is 2.29. The van der Waals surface area contributed by atoms with Crippen LogP contribution in [0.5, 0.6) is 5.75 Å². The molecule has 0 aliphatic carbocycles. The maximum Gasteiger partial charge on any atom is 0.339 e. The minimum Gasteiger partial charge on any atom is -0.507 e. The number of carbonyl (C=O) groups is 2. The number of rotatable bonds is 4. The van der Waals surface area contributed by atoms with Crippen molar-refractivity contribution in [1.82, 2.24) is 0 Å². The Morgan fingerprint density at radius 2 is 2.12 bits per heavy atom. The third kappa shape index (κ3) is 3.18. The Hall–Kier alpha value is -2.08. The summed E-state index contributed by atoms with van der Waals surface area (Å²) in [5.74, 6) is -2.08. The quantitative estimate of drug-likeness (QED) is 0.665. The van der Waals surface area contributed by atoms with Crippen LogP contribution in [0.3, 0.4) is 0 Å². The molecule has 4 N–H and O–H groups in total. The van der Waals surface area contributed by atoms with Gasteiger partial charge in [0.15, 0.2) is 0 Å². The number of hydrogen-bond donors (Lipinski definition) is 3. The molecular formula is C11H13NO5. The highest BCUT2D eigenvalue weighted by atomic mass is 16.5. The molecule has 0 bridgehead atoms. The lowest BCUT2D eigenvalue weighted by Gasteiger charge is -2.11. The maximum absolute atomic E-state index is 11.0. The second kappa shape index (κ2) is 5.31. The fraction of sp³-hybridized carbons (Fsp3) is 0.273. The smallest absolute Gasteiger partial charge is 0.339 e. The van der Waals surface area contributed by atoms with E-state index >= 15 is 0 Å². The number of nitrogens with two attached hydrogens (primary N) is 1. The normalized spacial score (nSPS) is 11.9. The molecule has 1 aromatic rings. The first kappa shape index (κ1) is 13.0. The Morgan fingerprint density at radius 3 is 2.65 bits per heavy atom. The predicted molar refractivity (Wildman–Crippen MR) is 58.6 cm³/mol. The van der Waals surface area contributed by atoms with Gasteiger partial charge in [-0.05, 0) is 17.7 Å². The average Bonchev–Trinajstić information content (AvgIpc) is 2.28. The fourth-order valence-corrected chi connectivity index (χ4v) is 1.34. The van der Waals surface area contributed by atoms with Crippen LogP contribution in [0.2, 0.25) is 0 Å². The first-order valence-corrected chi connectivity index (χ1v) is 4.84. The first-order chi connectivity index (χ1) is 7.95. The minimum atomic E-state index is -1.25. The van der Waals surface area contributed by atoms with Crippen LogP contribution in [0.25, 0.3) is 0 Å². The molecule has 1 aromatic carbocycles. The highest BCUT2D eigenvalue weighted by Gasteiger charge is 2.16. The zero-order valence-corrected chi connectivity index (χ0v) is 9.21. The molecule has 0 saturated carbocycles. The zero-order valence-electron chi connectivity index (χ0n) is 9.21. The fourth-order valence-electron chi connectivity index (χ4n) is 1.34. The van der Waals surface area contributed by atoms with Gasteiger partial charge in [0, 0.05) is 6.04 Å². The Kier molecular flexibility index (Phi) is 4.06. The number of ether oxygens (including phenoxy) is 1. The van der Waals surface area contributed by atoms with Crippen LogP contribution in [-0.2, 0) is 9.53 Å². The lowest BCUT2D eigenvalue weighted by molar-refractivity contribution is -0.141. The molecule has 6 nitrogen and oxygen atoms in total. The summed E-state index contributed by atoms with van der Waals surface area (Å²) < 4.78 is 4.46. The number of methoxy groups -OCH3 is 1. The number of hydrogen-bond acceptors (Lipinski definition) is 5. The van der Waals surface area contributed by atoms with Crippen molar-refractivity contribution in [2.75, 3.05) is 7.11 Å². The van der Waals surface area contributed by atoms with Gasteiger partial charge in [0.25, 0.3) is 0 Å². The standard InChI is InChI=1S/C11H13NO5/c1-17-10(14)5-8(12)6-2-3-9(13)7(4-6)11(15)16/h2-4,8,13H,5,12H2,1H3,(H,15,16)/t8-/m0/s1. The SMILES string of the molecule is COC(=O)C[C@H](N)c1ccc(O)c(C(=O)O)c1. The molecule has 17 heavy (non-hydrogen) atoms. The van der Waals surface area contributed by atoms with Gasteiger partial charge in [-0.1, -0.05) is 6.07 Å². The molecule has 1 atom stereocenters. The molecule has 0 aliphatic heterocycles. The van der Waals surface area contributed by atoms with Gasteiger partial charge >= 0.3 is 11.9 Å². The number of carboxylic acid groups (broad SMARTS) is 1. The molecule has 0 fully saturated rings. The third-order valence-corrected chi connectivity index (χ3v) is 2.29. The van der Waals surface area contributed by atoms with Gasteiger partial charge < -0.3 is 20.7 Å². The van der Waals surface area contributed by atoms with Crippen molar-refractivity contribution in [2.24, 2.45) is 5.73 Å². The van der Waals surface area contributed by atoms with Gasteiger partial charge in [-0.2, -0.15) is 0 Å². The molecule has 0 heterocycles. The summed E-state index contributed by atoms with van der Waals surface area (Å²) in [5, 5.41) is 18.1. The van der Waals surface area contributed by atoms with E-state index in [2.05, 4.69) is 4.74 Å². The second-order valence-electron chi connectivity index (χ2n) is 3.47. The van der Waals surface area contributed by atoms with Crippen LogP contribution in [0.4, 0.5) is 0 Å². The molecule has 6 heteroatoms. The molecular weight excluding hydrogens is 226 g/mol.